The van der Waals surface area contributed by atoms with Crippen LogP contribution in [0.15, 0.2) is 53.5 Å². The number of hydrogen-bond acceptors (Lipinski definition) is 3. The first-order valence-electron chi connectivity index (χ1n) is 8.86. The Hall–Kier alpha value is -3.36. The summed E-state index contributed by atoms with van der Waals surface area (Å²) in [5, 5.41) is 0. The molecule has 0 radical (unpaired) electrons. The number of H-pyrrole nitrogens is 1. The summed E-state index contributed by atoms with van der Waals surface area (Å²) in [4.78, 5) is 41.4. The Labute approximate surface area is 164 Å². The summed E-state index contributed by atoms with van der Waals surface area (Å²) >= 11 is 0. The van der Waals surface area contributed by atoms with Crippen LogP contribution in [0.4, 0.5) is 13.2 Å². The molecule has 2 aromatic rings. The first-order chi connectivity index (χ1) is 13.7. The number of alkyl halides is 3. The van der Waals surface area contributed by atoms with Gasteiger partial charge in [-0.1, -0.05) is 12.1 Å². The van der Waals surface area contributed by atoms with Crippen molar-refractivity contribution in [1.82, 2.24) is 14.8 Å². The van der Waals surface area contributed by atoms with Gasteiger partial charge < -0.3 is 14.8 Å². The highest BCUT2D eigenvalue weighted by Crippen LogP contribution is 2.29. The summed E-state index contributed by atoms with van der Waals surface area (Å²) < 4.78 is 37.7. The lowest BCUT2D eigenvalue weighted by Gasteiger charge is -2.34. The van der Waals surface area contributed by atoms with Crippen LogP contribution in [0.5, 0.6) is 0 Å². The lowest BCUT2D eigenvalue weighted by Crippen LogP contribution is -2.50. The average Bonchev–Trinajstić information content (AvgIpc) is 2.72. The highest BCUT2D eigenvalue weighted by molar-refractivity contribution is 5.94. The van der Waals surface area contributed by atoms with Crippen molar-refractivity contribution in [1.29, 1.82) is 0 Å². The van der Waals surface area contributed by atoms with Crippen molar-refractivity contribution in [3.63, 3.8) is 0 Å². The second-order valence-electron chi connectivity index (χ2n) is 6.51. The van der Waals surface area contributed by atoms with Gasteiger partial charge in [0.05, 0.1) is 11.1 Å². The Morgan fingerprint density at radius 1 is 0.931 bits per heavy atom. The molecule has 9 heteroatoms. The van der Waals surface area contributed by atoms with Crippen LogP contribution in [0.3, 0.4) is 0 Å². The number of aromatic nitrogens is 1. The second kappa shape index (κ2) is 8.34. The maximum absolute atomic E-state index is 12.6. The van der Waals surface area contributed by atoms with E-state index in [1.54, 1.807) is 9.80 Å². The van der Waals surface area contributed by atoms with E-state index in [1.807, 2.05) is 0 Å². The third-order valence-electron chi connectivity index (χ3n) is 4.57. The van der Waals surface area contributed by atoms with Crippen LogP contribution < -0.4 is 5.56 Å². The predicted octanol–water partition coefficient (Wildman–Crippen LogP) is 2.39. The van der Waals surface area contributed by atoms with E-state index in [4.69, 9.17) is 0 Å². The Kier molecular flexibility index (Phi) is 5.86. The third kappa shape index (κ3) is 5.13. The van der Waals surface area contributed by atoms with Crippen molar-refractivity contribution in [2.75, 3.05) is 26.2 Å². The van der Waals surface area contributed by atoms with Gasteiger partial charge in [0.2, 0.25) is 11.5 Å². The van der Waals surface area contributed by atoms with E-state index >= 15 is 0 Å². The van der Waals surface area contributed by atoms with Crippen LogP contribution >= 0.6 is 0 Å². The number of halogens is 3. The standard InChI is InChI=1S/C20H18F3N3O3/c21-20(22,23)16-5-1-14(2-6-16)3-8-18(28)25-9-11-26(12-10-25)19(29)15-4-7-17(27)24-13-15/h1-8,13H,9-12H2,(H,24,27)/b8-3+. The summed E-state index contributed by atoms with van der Waals surface area (Å²) in [6.07, 6.45) is -0.276. The number of nitrogens with one attached hydrogen (secondary N) is 1. The lowest BCUT2D eigenvalue weighted by atomic mass is 10.1. The molecule has 0 spiro atoms. The molecule has 1 aliphatic heterocycles. The molecular formula is C20H18F3N3O3. The minimum Gasteiger partial charge on any atom is -0.336 e. The van der Waals surface area contributed by atoms with Gasteiger partial charge in [-0.2, -0.15) is 13.2 Å². The maximum atomic E-state index is 12.6. The average molecular weight is 405 g/mol. The van der Waals surface area contributed by atoms with Gasteiger partial charge in [-0.25, -0.2) is 0 Å². The van der Waals surface area contributed by atoms with Crippen molar-refractivity contribution in [2.45, 2.75) is 6.18 Å². The van der Waals surface area contributed by atoms with Crippen LogP contribution in [0.25, 0.3) is 6.08 Å². The van der Waals surface area contributed by atoms with E-state index in [1.165, 1.54) is 42.6 Å². The molecule has 29 heavy (non-hydrogen) atoms. The summed E-state index contributed by atoms with van der Waals surface area (Å²) in [5.74, 6) is -0.505. The van der Waals surface area contributed by atoms with E-state index in [9.17, 15) is 27.6 Å². The van der Waals surface area contributed by atoms with E-state index in [0.29, 0.717) is 37.3 Å². The molecule has 0 saturated carbocycles. The number of carbonyl (C=O) groups excluding carboxylic acids is 2. The Morgan fingerprint density at radius 2 is 1.55 bits per heavy atom. The highest BCUT2D eigenvalue weighted by atomic mass is 19.4. The second-order valence-corrected chi connectivity index (χ2v) is 6.51. The molecule has 1 aromatic carbocycles. The largest absolute Gasteiger partial charge is 0.416 e. The quantitative estimate of drug-likeness (QED) is 0.797. The van der Waals surface area contributed by atoms with E-state index in [0.717, 1.165) is 12.1 Å². The zero-order chi connectivity index (χ0) is 21.0. The number of rotatable bonds is 3. The topological polar surface area (TPSA) is 73.5 Å². The molecular weight excluding hydrogens is 387 g/mol. The molecule has 3 rings (SSSR count). The Morgan fingerprint density at radius 3 is 2.10 bits per heavy atom. The third-order valence-corrected chi connectivity index (χ3v) is 4.57. The highest BCUT2D eigenvalue weighted by Gasteiger charge is 2.29. The first-order valence-corrected chi connectivity index (χ1v) is 8.86. The number of pyridine rings is 1. The minimum absolute atomic E-state index is 0.228. The Bertz CT molecular complexity index is 952. The van der Waals surface area contributed by atoms with Crippen molar-refractivity contribution in [2.24, 2.45) is 0 Å². The van der Waals surface area contributed by atoms with Crippen molar-refractivity contribution < 1.29 is 22.8 Å². The van der Waals surface area contributed by atoms with Gasteiger partial charge >= 0.3 is 6.18 Å². The molecule has 1 N–H and O–H groups in total. The van der Waals surface area contributed by atoms with Crippen LogP contribution in [-0.2, 0) is 11.0 Å². The molecule has 1 fully saturated rings. The fourth-order valence-electron chi connectivity index (χ4n) is 2.91. The lowest BCUT2D eigenvalue weighted by molar-refractivity contribution is -0.137. The number of hydrogen-bond donors (Lipinski definition) is 1. The van der Waals surface area contributed by atoms with Crippen LogP contribution in [0.1, 0.15) is 21.5 Å². The summed E-state index contributed by atoms with van der Waals surface area (Å²) in [6, 6.07) is 7.25. The molecule has 1 aromatic heterocycles. The summed E-state index contributed by atoms with van der Waals surface area (Å²) in [7, 11) is 0. The molecule has 2 heterocycles. The normalized spacial score (nSPS) is 15.0. The SMILES string of the molecule is O=C(/C=C/c1ccc(C(F)(F)F)cc1)N1CCN(C(=O)c2ccc(=O)[nH]c2)CC1. The maximum Gasteiger partial charge on any atom is 0.416 e. The number of benzene rings is 1. The number of carbonyl (C=O) groups is 2. The molecule has 0 atom stereocenters. The predicted molar refractivity (Wildman–Crippen MR) is 100 cm³/mol. The molecule has 2 amide bonds. The molecule has 1 saturated heterocycles. The zero-order valence-electron chi connectivity index (χ0n) is 15.3. The van der Waals surface area contributed by atoms with Crippen LogP contribution in [-0.4, -0.2) is 52.8 Å². The molecule has 0 aliphatic carbocycles. The number of nitrogens with zero attached hydrogens (tertiary/aromatic N) is 2. The van der Waals surface area contributed by atoms with Gasteiger partial charge in [0.1, 0.15) is 0 Å². The van der Waals surface area contributed by atoms with Gasteiger partial charge in [0.15, 0.2) is 0 Å². The summed E-state index contributed by atoms with van der Waals surface area (Å²) in [6.45, 7) is 1.37. The smallest absolute Gasteiger partial charge is 0.336 e. The van der Waals surface area contributed by atoms with E-state index in [2.05, 4.69) is 4.98 Å². The minimum atomic E-state index is -4.40. The van der Waals surface area contributed by atoms with Gasteiger partial charge in [-0.05, 0) is 29.8 Å². The van der Waals surface area contributed by atoms with Crippen molar-refractivity contribution in [3.05, 3.63) is 75.7 Å². The zero-order valence-corrected chi connectivity index (χ0v) is 15.3. The number of amides is 2. The number of aromatic amines is 1. The molecule has 6 nitrogen and oxygen atoms in total. The van der Waals surface area contributed by atoms with E-state index < -0.39 is 11.7 Å². The van der Waals surface area contributed by atoms with Gasteiger partial charge in [-0.3, -0.25) is 14.4 Å². The summed E-state index contributed by atoms with van der Waals surface area (Å²) in [5.41, 5.74) is -0.189. The fourth-order valence-corrected chi connectivity index (χ4v) is 2.91. The molecule has 1 aliphatic rings. The van der Waals surface area contributed by atoms with Crippen molar-refractivity contribution in [3.8, 4) is 0 Å². The van der Waals surface area contributed by atoms with Gasteiger partial charge in [0, 0.05) is 44.5 Å². The van der Waals surface area contributed by atoms with Crippen molar-refractivity contribution >= 4 is 17.9 Å². The van der Waals surface area contributed by atoms with Crippen LogP contribution in [0, 0.1) is 0 Å². The van der Waals surface area contributed by atoms with Gasteiger partial charge in [0.25, 0.3) is 5.91 Å². The fraction of sp³-hybridized carbons (Fsp3) is 0.250. The van der Waals surface area contributed by atoms with Gasteiger partial charge in [-0.15, -0.1) is 0 Å². The molecule has 152 valence electrons. The molecule has 0 unspecified atom stereocenters. The Balaban J connectivity index is 1.54. The first kappa shape index (κ1) is 20.4. The van der Waals surface area contributed by atoms with Crippen LogP contribution in [0.2, 0.25) is 0 Å². The molecule has 0 bridgehead atoms. The number of piperazine rings is 1. The monoisotopic (exact) mass is 405 g/mol. The van der Waals surface area contributed by atoms with E-state index in [-0.39, 0.29) is 17.4 Å².